The van der Waals surface area contributed by atoms with Crippen LogP contribution in [0, 0.1) is 25.2 Å². The zero-order chi connectivity index (χ0) is 39.7. The zero-order valence-electron chi connectivity index (χ0n) is 32.1. The number of rotatable bonds is 3. The largest absolute Gasteiger partial charge is 0.504 e. The molecule has 4 aromatic rings. The molecule has 7 aliphatic heterocycles. The van der Waals surface area contributed by atoms with Gasteiger partial charge in [-0.05, 0) is 50.9 Å². The van der Waals surface area contributed by atoms with Crippen LogP contribution in [0.2, 0.25) is 0 Å². The van der Waals surface area contributed by atoms with Crippen molar-refractivity contribution in [3.8, 4) is 34.8 Å². The van der Waals surface area contributed by atoms with Crippen molar-refractivity contribution in [1.29, 1.82) is 5.26 Å². The molecule has 3 N–H and O–H groups in total. The Balaban J connectivity index is 1.26. The van der Waals surface area contributed by atoms with Crippen LogP contribution in [0.5, 0.6) is 28.7 Å². The van der Waals surface area contributed by atoms with Crippen LogP contribution in [0.4, 0.5) is 0 Å². The monoisotopic (exact) mass is 794 g/mol. The summed E-state index contributed by atoms with van der Waals surface area (Å²) in [7, 11) is 3.52. The molecule has 7 aliphatic rings. The fraction of sp³-hybridized carbons (Fsp3) is 0.452. The first-order chi connectivity index (χ1) is 27.5. The molecule has 15 heteroatoms. The van der Waals surface area contributed by atoms with Gasteiger partial charge in [0.15, 0.2) is 28.5 Å². The first kappa shape index (κ1) is 36.4. The molecule has 0 aliphatic carbocycles. The topological polar surface area (TPSA) is 176 Å². The number of aliphatic hydroxyl groups is 1. The lowest BCUT2D eigenvalue weighted by atomic mass is 9.71. The number of phenols is 1. The molecule has 1 spiro atoms. The van der Waals surface area contributed by atoms with Gasteiger partial charge in [0.05, 0.1) is 37.1 Å². The number of aromatic hydroxyl groups is 1. The second-order valence-electron chi connectivity index (χ2n) is 15.9. The molecule has 2 saturated heterocycles. The van der Waals surface area contributed by atoms with Crippen molar-refractivity contribution < 1.29 is 47.9 Å². The Labute approximate surface area is 332 Å². The molecule has 4 bridgehead atoms. The lowest BCUT2D eigenvalue weighted by Gasteiger charge is -2.62. The van der Waals surface area contributed by atoms with Gasteiger partial charge in [0.2, 0.25) is 6.79 Å². The molecule has 1 aromatic heterocycles. The van der Waals surface area contributed by atoms with E-state index in [2.05, 4.69) is 21.2 Å². The summed E-state index contributed by atoms with van der Waals surface area (Å²) in [6.07, 6.45) is 0.913. The SMILES string of the molecule is COc1c(C)cc2c(c1O)[C@@H]1[C@@H]3[C@@H]4SC[C@]5(N[C@@H](CO)Cc6c5oc5ccccc65)C(=O)OC[C@@H](c5c6c(c(C)c(OC(C)=O)c54)OCO6)N3[C@@H](C#N)[C@H](C2)N1C. The number of carbonyl (C=O) groups excluding carboxylic acids is 2. The van der Waals surface area contributed by atoms with Gasteiger partial charge in [0.1, 0.15) is 29.7 Å². The molecular weight excluding hydrogens is 753 g/mol. The summed E-state index contributed by atoms with van der Waals surface area (Å²) in [5.74, 6) is 0.996. The molecule has 296 valence electrons. The van der Waals surface area contributed by atoms with Crippen LogP contribution in [0.25, 0.3) is 11.0 Å². The Bertz CT molecular complexity index is 2450. The van der Waals surface area contributed by atoms with Gasteiger partial charge in [-0.1, -0.05) is 24.3 Å². The van der Waals surface area contributed by atoms with E-state index in [4.69, 9.17) is 28.1 Å². The number of nitrogens with one attached hydrogen (secondary N) is 1. The van der Waals surface area contributed by atoms with Crippen LogP contribution in [-0.2, 0) is 32.7 Å². The maximum absolute atomic E-state index is 15.0. The summed E-state index contributed by atoms with van der Waals surface area (Å²) in [5, 5.41) is 37.6. The van der Waals surface area contributed by atoms with Crippen LogP contribution >= 0.6 is 11.8 Å². The number of aryl methyl sites for hydroxylation is 1. The fourth-order valence-corrected chi connectivity index (χ4v) is 12.4. The van der Waals surface area contributed by atoms with Gasteiger partial charge in [-0.15, -0.1) is 11.8 Å². The molecule has 0 radical (unpaired) electrons. The Morgan fingerprint density at radius 1 is 1.12 bits per heavy atom. The maximum Gasteiger partial charge on any atom is 0.335 e. The Morgan fingerprint density at radius 2 is 1.91 bits per heavy atom. The van der Waals surface area contributed by atoms with E-state index in [0.717, 1.165) is 22.1 Å². The van der Waals surface area contributed by atoms with Crippen LogP contribution in [-0.4, -0.2) is 96.0 Å². The molecular formula is C42H42N4O10S. The van der Waals surface area contributed by atoms with E-state index in [9.17, 15) is 25.1 Å². The lowest BCUT2D eigenvalue weighted by Crippen LogP contribution is -2.69. The number of hydrogen-bond acceptors (Lipinski definition) is 15. The van der Waals surface area contributed by atoms with Gasteiger partial charge in [-0.2, -0.15) is 5.26 Å². The predicted molar refractivity (Wildman–Crippen MR) is 206 cm³/mol. The van der Waals surface area contributed by atoms with E-state index in [0.29, 0.717) is 69.4 Å². The number of methoxy groups -OCH3 is 1. The average Bonchev–Trinajstić information content (AvgIpc) is 3.84. The molecule has 0 saturated carbocycles. The average molecular weight is 795 g/mol. The van der Waals surface area contributed by atoms with E-state index in [1.54, 1.807) is 0 Å². The molecule has 2 fully saturated rings. The molecule has 14 nitrogen and oxygen atoms in total. The van der Waals surface area contributed by atoms with Gasteiger partial charge < -0.3 is 38.3 Å². The van der Waals surface area contributed by atoms with E-state index in [-0.39, 0.29) is 37.6 Å². The summed E-state index contributed by atoms with van der Waals surface area (Å²) in [4.78, 5) is 32.3. The highest BCUT2D eigenvalue weighted by Crippen LogP contribution is 2.64. The molecule has 0 unspecified atom stereocenters. The first-order valence-electron chi connectivity index (χ1n) is 19.1. The molecule has 57 heavy (non-hydrogen) atoms. The van der Waals surface area contributed by atoms with Crippen molar-refractivity contribution >= 4 is 34.7 Å². The van der Waals surface area contributed by atoms with Crippen molar-refractivity contribution in [3.05, 3.63) is 75.0 Å². The van der Waals surface area contributed by atoms with Gasteiger partial charge in [0.25, 0.3) is 0 Å². The first-order valence-corrected chi connectivity index (χ1v) is 20.2. The number of esters is 2. The number of benzene rings is 3. The second-order valence-corrected chi connectivity index (χ2v) is 17.0. The number of piperazine rings is 1. The normalized spacial score (nSPS) is 29.8. The van der Waals surface area contributed by atoms with E-state index >= 15 is 0 Å². The van der Waals surface area contributed by atoms with Crippen molar-refractivity contribution in [3.63, 3.8) is 0 Å². The smallest absolute Gasteiger partial charge is 0.335 e. The third kappa shape index (κ3) is 4.91. The number of likely N-dealkylation sites (N-methyl/N-ethyl adjacent to an activating group) is 1. The standard InChI is InChI=1S/C42H42N4O10S/c1-18-10-21-11-25-26(13-43)46-27-15-52-41(50)42(40-24(12-22(14-47)44-42)23-8-6-7-9-28(23)56-40)16-57-39(33(46)32(45(25)4)29(21)34(49)35(18)51-5)31-30(27)38-37(53-17-54-38)19(2)36(31)55-20(3)48/h6-10,22,25-27,32-33,39,44,47,49H,11-12,14-17H2,1-5H3/t22-,25+,26+,27+,32-,33-,39-,42-/m1/s1. The number of furan rings is 1. The van der Waals surface area contributed by atoms with Gasteiger partial charge in [-0.3, -0.25) is 19.9 Å². The Kier molecular flexibility index (Phi) is 8.31. The molecule has 11 rings (SSSR count). The summed E-state index contributed by atoms with van der Waals surface area (Å²) < 4.78 is 37.3. The van der Waals surface area contributed by atoms with Crippen molar-refractivity contribution in [1.82, 2.24) is 15.1 Å². The van der Waals surface area contributed by atoms with Crippen molar-refractivity contribution in [2.75, 3.05) is 39.9 Å². The highest BCUT2D eigenvalue weighted by Gasteiger charge is 2.62. The van der Waals surface area contributed by atoms with Gasteiger partial charge >= 0.3 is 11.9 Å². The minimum absolute atomic E-state index is 0.0352. The fourth-order valence-electron chi connectivity index (χ4n) is 10.7. The van der Waals surface area contributed by atoms with Crippen molar-refractivity contribution in [2.45, 2.75) is 80.7 Å². The summed E-state index contributed by atoms with van der Waals surface area (Å²) in [6, 6.07) is 8.95. The number of nitriles is 1. The third-order valence-corrected chi connectivity index (χ3v) is 14.4. The highest BCUT2D eigenvalue weighted by atomic mass is 32.2. The number of fused-ring (bicyclic) bond motifs is 11. The third-order valence-electron chi connectivity index (χ3n) is 13.0. The number of aliphatic hydroxyl groups excluding tert-OH is 1. The lowest BCUT2D eigenvalue weighted by molar-refractivity contribution is -0.158. The minimum atomic E-state index is -1.54. The maximum atomic E-state index is 15.0. The Hall–Kier alpha value is -4.98. The van der Waals surface area contributed by atoms with Gasteiger partial charge in [0, 0.05) is 64.0 Å². The second kappa shape index (κ2) is 13.0. The van der Waals surface area contributed by atoms with Crippen LogP contribution < -0.4 is 24.3 Å². The van der Waals surface area contributed by atoms with Gasteiger partial charge in [-0.25, -0.2) is 4.79 Å². The van der Waals surface area contributed by atoms with Crippen LogP contribution in [0.1, 0.15) is 69.0 Å². The number of hydrogen-bond donors (Lipinski definition) is 3. The summed E-state index contributed by atoms with van der Waals surface area (Å²) >= 11 is 1.45. The van der Waals surface area contributed by atoms with Crippen molar-refractivity contribution in [2.24, 2.45) is 0 Å². The molecule has 3 aromatic carbocycles. The zero-order valence-corrected chi connectivity index (χ0v) is 32.9. The number of nitrogens with zero attached hydrogens (tertiary/aromatic N) is 3. The van der Waals surface area contributed by atoms with E-state index < -0.39 is 52.9 Å². The molecule has 8 atom stereocenters. The molecule has 8 heterocycles. The minimum Gasteiger partial charge on any atom is -0.504 e. The van der Waals surface area contributed by atoms with Crippen LogP contribution in [0.15, 0.2) is 34.7 Å². The number of carbonyl (C=O) groups is 2. The highest BCUT2D eigenvalue weighted by molar-refractivity contribution is 7.99. The Morgan fingerprint density at radius 3 is 2.67 bits per heavy atom. The molecule has 0 amide bonds. The predicted octanol–water partition coefficient (Wildman–Crippen LogP) is 4.38. The number of ether oxygens (including phenoxy) is 5. The summed E-state index contributed by atoms with van der Waals surface area (Å²) in [6.45, 7) is 4.56. The number of thioether (sulfide) groups is 1. The number of para-hydroxylation sites is 1. The summed E-state index contributed by atoms with van der Waals surface area (Å²) in [5.41, 5.74) is 4.19. The quantitative estimate of drug-likeness (QED) is 0.197. The van der Waals surface area contributed by atoms with Crippen LogP contribution in [0.3, 0.4) is 0 Å². The van der Waals surface area contributed by atoms with E-state index in [1.165, 1.54) is 25.8 Å². The van der Waals surface area contributed by atoms with E-state index in [1.807, 2.05) is 51.2 Å². The number of phenolic OH excluding ortho intramolecular Hbond substituents is 1.